The first-order valence-corrected chi connectivity index (χ1v) is 14.6. The van der Waals surface area contributed by atoms with Crippen LogP contribution in [-0.4, -0.2) is 57.3 Å². The topological polar surface area (TPSA) is 110 Å². The molecule has 0 bridgehead atoms. The van der Waals surface area contributed by atoms with E-state index in [2.05, 4.69) is 31.3 Å². The van der Waals surface area contributed by atoms with E-state index in [1.807, 2.05) is 0 Å². The smallest absolute Gasteiger partial charge is 0.249 e. The SMILES string of the molecule is CCC/C=C/CCCC(O)C(O)C(CO)NC(=O)C(O)CCCCCCCCCCCCCCC. The van der Waals surface area contributed by atoms with Gasteiger partial charge in [0.1, 0.15) is 12.2 Å². The largest absolute Gasteiger partial charge is 0.394 e. The Labute approximate surface area is 215 Å². The van der Waals surface area contributed by atoms with Crippen LogP contribution in [0.15, 0.2) is 12.2 Å². The van der Waals surface area contributed by atoms with Crippen molar-refractivity contribution in [2.75, 3.05) is 6.61 Å². The van der Waals surface area contributed by atoms with Gasteiger partial charge in [-0.15, -0.1) is 0 Å². The lowest BCUT2D eigenvalue weighted by atomic mass is 10.00. The van der Waals surface area contributed by atoms with Crippen molar-refractivity contribution < 1.29 is 25.2 Å². The first kappa shape index (κ1) is 34.0. The highest BCUT2D eigenvalue weighted by Gasteiger charge is 2.28. The minimum absolute atomic E-state index is 0.366. The molecule has 4 atom stereocenters. The van der Waals surface area contributed by atoms with Crippen molar-refractivity contribution in [1.29, 1.82) is 0 Å². The predicted molar refractivity (Wildman–Crippen MR) is 145 cm³/mol. The molecule has 0 fully saturated rings. The maximum Gasteiger partial charge on any atom is 0.249 e. The molecule has 35 heavy (non-hydrogen) atoms. The minimum Gasteiger partial charge on any atom is -0.394 e. The number of nitrogens with one attached hydrogen (secondary N) is 1. The average Bonchev–Trinajstić information content (AvgIpc) is 2.86. The van der Waals surface area contributed by atoms with Gasteiger partial charge in [-0.1, -0.05) is 116 Å². The molecule has 0 radical (unpaired) electrons. The van der Waals surface area contributed by atoms with Gasteiger partial charge in [-0.25, -0.2) is 0 Å². The van der Waals surface area contributed by atoms with E-state index < -0.39 is 36.9 Å². The molecule has 4 unspecified atom stereocenters. The number of carbonyl (C=O) groups excluding carboxylic acids is 1. The molecule has 0 rings (SSSR count). The van der Waals surface area contributed by atoms with E-state index >= 15 is 0 Å². The van der Waals surface area contributed by atoms with Crippen molar-refractivity contribution in [2.24, 2.45) is 0 Å². The molecule has 0 saturated heterocycles. The standard InChI is InChI=1S/C29H57NO5/c1-3-5-7-9-11-12-13-14-15-16-17-19-21-23-27(33)29(35)30-25(24-31)28(34)26(32)22-20-18-10-8-6-4-2/h8,10,25-28,31-34H,3-7,9,11-24H2,1-2H3,(H,30,35)/b10-8+. The summed E-state index contributed by atoms with van der Waals surface area (Å²) in [7, 11) is 0. The van der Waals surface area contributed by atoms with E-state index in [1.54, 1.807) is 0 Å². The lowest BCUT2D eigenvalue weighted by Crippen LogP contribution is -2.53. The maximum atomic E-state index is 12.3. The van der Waals surface area contributed by atoms with Gasteiger partial charge >= 0.3 is 0 Å². The second-order valence-corrected chi connectivity index (χ2v) is 10.1. The van der Waals surface area contributed by atoms with Crippen LogP contribution in [0.3, 0.4) is 0 Å². The van der Waals surface area contributed by atoms with Gasteiger partial charge in [0.15, 0.2) is 0 Å². The Morgan fingerprint density at radius 3 is 1.71 bits per heavy atom. The highest BCUT2D eigenvalue weighted by Crippen LogP contribution is 2.14. The van der Waals surface area contributed by atoms with Crippen LogP contribution in [0, 0.1) is 0 Å². The van der Waals surface area contributed by atoms with Gasteiger partial charge in [-0.2, -0.15) is 0 Å². The summed E-state index contributed by atoms with van der Waals surface area (Å²) in [6, 6.07) is -0.991. The molecule has 0 aromatic rings. The summed E-state index contributed by atoms with van der Waals surface area (Å²) in [6.07, 6.45) is 21.2. The predicted octanol–water partition coefficient (Wildman–Crippen LogP) is 5.55. The van der Waals surface area contributed by atoms with Crippen molar-refractivity contribution in [3.63, 3.8) is 0 Å². The molecular weight excluding hydrogens is 442 g/mol. The van der Waals surface area contributed by atoms with Crippen molar-refractivity contribution in [3.8, 4) is 0 Å². The lowest BCUT2D eigenvalue weighted by molar-refractivity contribution is -0.132. The van der Waals surface area contributed by atoms with Gasteiger partial charge in [0.2, 0.25) is 5.91 Å². The third kappa shape index (κ3) is 19.9. The van der Waals surface area contributed by atoms with E-state index in [9.17, 15) is 25.2 Å². The zero-order chi connectivity index (χ0) is 26.2. The molecule has 6 nitrogen and oxygen atoms in total. The molecule has 0 aliphatic carbocycles. The number of carbonyl (C=O) groups is 1. The Balaban J connectivity index is 3.89. The van der Waals surface area contributed by atoms with Crippen LogP contribution in [0.1, 0.15) is 136 Å². The van der Waals surface area contributed by atoms with Crippen LogP contribution in [-0.2, 0) is 4.79 Å². The molecule has 0 aromatic carbocycles. The molecule has 1 amide bonds. The zero-order valence-electron chi connectivity index (χ0n) is 22.8. The molecule has 0 spiro atoms. The second kappa shape index (κ2) is 24.7. The van der Waals surface area contributed by atoms with Gasteiger partial charge < -0.3 is 25.7 Å². The van der Waals surface area contributed by atoms with Crippen molar-refractivity contribution >= 4 is 5.91 Å². The van der Waals surface area contributed by atoms with Crippen molar-refractivity contribution in [2.45, 2.75) is 160 Å². The number of rotatable bonds is 25. The summed E-state index contributed by atoms with van der Waals surface area (Å²) in [5.74, 6) is -0.600. The van der Waals surface area contributed by atoms with E-state index in [4.69, 9.17) is 0 Å². The third-order valence-corrected chi connectivity index (χ3v) is 6.71. The van der Waals surface area contributed by atoms with Crippen LogP contribution < -0.4 is 5.32 Å². The Kier molecular flexibility index (Phi) is 24.1. The van der Waals surface area contributed by atoms with Crippen LogP contribution in [0.2, 0.25) is 0 Å². The summed E-state index contributed by atoms with van der Waals surface area (Å²) in [5, 5.41) is 42.8. The molecule has 5 N–H and O–H groups in total. The number of aliphatic hydroxyl groups excluding tert-OH is 4. The Bertz CT molecular complexity index is 499. The van der Waals surface area contributed by atoms with Gasteiger partial charge in [0, 0.05) is 0 Å². The molecule has 0 aliphatic heterocycles. The number of hydrogen-bond donors (Lipinski definition) is 5. The van der Waals surface area contributed by atoms with Crippen molar-refractivity contribution in [3.05, 3.63) is 12.2 Å². The highest BCUT2D eigenvalue weighted by atomic mass is 16.3. The Morgan fingerprint density at radius 1 is 0.686 bits per heavy atom. The fourth-order valence-electron chi connectivity index (χ4n) is 4.29. The van der Waals surface area contributed by atoms with E-state index in [0.29, 0.717) is 19.3 Å². The average molecular weight is 500 g/mol. The van der Waals surface area contributed by atoms with Gasteiger partial charge in [0.05, 0.1) is 18.8 Å². The first-order chi connectivity index (χ1) is 17.0. The highest BCUT2D eigenvalue weighted by molar-refractivity contribution is 5.80. The minimum atomic E-state index is -1.27. The van der Waals surface area contributed by atoms with Gasteiger partial charge in [-0.05, 0) is 32.1 Å². The summed E-state index contributed by atoms with van der Waals surface area (Å²) >= 11 is 0. The summed E-state index contributed by atoms with van der Waals surface area (Å²) < 4.78 is 0. The van der Waals surface area contributed by atoms with E-state index in [-0.39, 0.29) is 0 Å². The van der Waals surface area contributed by atoms with E-state index in [0.717, 1.165) is 38.5 Å². The quantitative estimate of drug-likeness (QED) is 0.0835. The fourth-order valence-corrected chi connectivity index (χ4v) is 4.29. The molecule has 6 heteroatoms. The maximum absolute atomic E-state index is 12.3. The van der Waals surface area contributed by atoms with E-state index in [1.165, 1.54) is 64.2 Å². The van der Waals surface area contributed by atoms with Gasteiger partial charge in [-0.3, -0.25) is 4.79 Å². The number of hydrogen-bond acceptors (Lipinski definition) is 5. The van der Waals surface area contributed by atoms with Crippen LogP contribution in [0.5, 0.6) is 0 Å². The Morgan fingerprint density at radius 2 is 1.20 bits per heavy atom. The number of amides is 1. The van der Waals surface area contributed by atoms with Crippen LogP contribution in [0.25, 0.3) is 0 Å². The summed E-state index contributed by atoms with van der Waals surface area (Å²) in [4.78, 5) is 12.3. The molecule has 0 saturated carbocycles. The monoisotopic (exact) mass is 499 g/mol. The van der Waals surface area contributed by atoms with Crippen LogP contribution in [0.4, 0.5) is 0 Å². The number of unbranched alkanes of at least 4 members (excludes halogenated alkanes) is 14. The van der Waals surface area contributed by atoms with Crippen LogP contribution >= 0.6 is 0 Å². The molecule has 0 aromatic heterocycles. The number of allylic oxidation sites excluding steroid dienone is 2. The summed E-state index contributed by atoms with van der Waals surface area (Å²) in [6.45, 7) is 3.87. The third-order valence-electron chi connectivity index (χ3n) is 6.71. The molecule has 0 aliphatic rings. The molecule has 208 valence electrons. The lowest BCUT2D eigenvalue weighted by Gasteiger charge is -2.27. The number of aliphatic hydroxyl groups is 4. The van der Waals surface area contributed by atoms with Gasteiger partial charge in [0.25, 0.3) is 0 Å². The second-order valence-electron chi connectivity index (χ2n) is 10.1. The normalized spacial score (nSPS) is 15.3. The zero-order valence-corrected chi connectivity index (χ0v) is 22.8. The Hall–Kier alpha value is -0.950. The summed E-state index contributed by atoms with van der Waals surface area (Å²) in [5.41, 5.74) is 0. The molecular formula is C29H57NO5. The first-order valence-electron chi connectivity index (χ1n) is 14.6. The fraction of sp³-hybridized carbons (Fsp3) is 0.897. The van der Waals surface area contributed by atoms with Crippen molar-refractivity contribution in [1.82, 2.24) is 5.32 Å². The molecule has 0 heterocycles.